The Kier molecular flexibility index (Phi) is 8.11. The number of hydrogen-bond donors (Lipinski definition) is 2. The SMILES string of the molecule is CCCC(CC)CCCOC1CCC(C(=N)N)CC1. The standard InChI is InChI=1S/C16H32N2O/c1-3-6-13(4-2)7-5-12-19-15-10-8-14(9-11-15)16(17)18/h13-15H,3-12H2,1-2H3,(H3,17,18). The van der Waals surface area contributed by atoms with Gasteiger partial charge >= 0.3 is 0 Å². The molecule has 0 aliphatic heterocycles. The van der Waals surface area contributed by atoms with Gasteiger partial charge in [0.25, 0.3) is 0 Å². The summed E-state index contributed by atoms with van der Waals surface area (Å²) < 4.78 is 5.97. The van der Waals surface area contributed by atoms with E-state index in [2.05, 4.69) is 13.8 Å². The highest BCUT2D eigenvalue weighted by atomic mass is 16.5. The lowest BCUT2D eigenvalue weighted by Crippen LogP contribution is -2.30. The molecule has 1 aliphatic rings. The highest BCUT2D eigenvalue weighted by Gasteiger charge is 2.23. The highest BCUT2D eigenvalue weighted by Crippen LogP contribution is 2.26. The first-order chi connectivity index (χ1) is 9.17. The van der Waals surface area contributed by atoms with Gasteiger partial charge in [-0.05, 0) is 44.4 Å². The number of nitrogens with two attached hydrogens (primary N) is 1. The number of amidine groups is 1. The molecular formula is C16H32N2O. The lowest BCUT2D eigenvalue weighted by Gasteiger charge is -2.28. The lowest BCUT2D eigenvalue weighted by molar-refractivity contribution is 0.0201. The zero-order valence-corrected chi connectivity index (χ0v) is 12.8. The average Bonchev–Trinajstić information content (AvgIpc) is 2.42. The number of ether oxygens (including phenoxy) is 1. The van der Waals surface area contributed by atoms with E-state index in [1.165, 1.54) is 32.1 Å². The Balaban J connectivity index is 2.06. The third-order valence-corrected chi connectivity index (χ3v) is 4.50. The molecule has 0 aromatic heterocycles. The number of nitrogens with one attached hydrogen (secondary N) is 1. The van der Waals surface area contributed by atoms with Crippen LogP contribution in [0.1, 0.15) is 71.6 Å². The van der Waals surface area contributed by atoms with E-state index >= 15 is 0 Å². The van der Waals surface area contributed by atoms with E-state index in [1.54, 1.807) is 0 Å². The zero-order chi connectivity index (χ0) is 14.1. The molecule has 19 heavy (non-hydrogen) atoms. The molecule has 0 amide bonds. The first-order valence-corrected chi connectivity index (χ1v) is 8.12. The van der Waals surface area contributed by atoms with E-state index in [0.717, 1.165) is 38.2 Å². The van der Waals surface area contributed by atoms with Crippen molar-refractivity contribution in [1.82, 2.24) is 0 Å². The van der Waals surface area contributed by atoms with Gasteiger partial charge in [-0.2, -0.15) is 0 Å². The van der Waals surface area contributed by atoms with Gasteiger partial charge in [0.2, 0.25) is 0 Å². The summed E-state index contributed by atoms with van der Waals surface area (Å²) in [6.07, 6.45) is 11.1. The third-order valence-electron chi connectivity index (χ3n) is 4.50. The Morgan fingerprint density at radius 1 is 1.21 bits per heavy atom. The number of rotatable bonds is 9. The van der Waals surface area contributed by atoms with E-state index in [0.29, 0.717) is 17.9 Å². The Labute approximate surface area is 118 Å². The Bertz CT molecular complexity index is 247. The van der Waals surface area contributed by atoms with Gasteiger partial charge in [-0.3, -0.25) is 5.41 Å². The second-order valence-corrected chi connectivity index (χ2v) is 6.00. The maximum Gasteiger partial charge on any atom is 0.0936 e. The summed E-state index contributed by atoms with van der Waals surface area (Å²) in [7, 11) is 0. The lowest BCUT2D eigenvalue weighted by atomic mass is 9.86. The Morgan fingerprint density at radius 3 is 2.42 bits per heavy atom. The molecular weight excluding hydrogens is 236 g/mol. The fourth-order valence-corrected chi connectivity index (χ4v) is 3.12. The molecule has 3 N–H and O–H groups in total. The van der Waals surface area contributed by atoms with Crippen molar-refractivity contribution in [2.45, 2.75) is 77.7 Å². The van der Waals surface area contributed by atoms with E-state index in [4.69, 9.17) is 15.9 Å². The molecule has 0 saturated heterocycles. The normalized spacial score (nSPS) is 25.2. The van der Waals surface area contributed by atoms with Crippen LogP contribution in [-0.2, 0) is 4.74 Å². The summed E-state index contributed by atoms with van der Waals surface area (Å²) >= 11 is 0. The average molecular weight is 268 g/mol. The van der Waals surface area contributed by atoms with Crippen LogP contribution in [0.3, 0.4) is 0 Å². The van der Waals surface area contributed by atoms with E-state index in [1.807, 2.05) is 0 Å². The van der Waals surface area contributed by atoms with Crippen LogP contribution in [0.5, 0.6) is 0 Å². The minimum Gasteiger partial charge on any atom is -0.387 e. The van der Waals surface area contributed by atoms with Crippen molar-refractivity contribution < 1.29 is 4.74 Å². The smallest absolute Gasteiger partial charge is 0.0936 e. The molecule has 0 bridgehead atoms. The molecule has 1 atom stereocenters. The topological polar surface area (TPSA) is 59.1 Å². The summed E-state index contributed by atoms with van der Waals surface area (Å²) in [6.45, 7) is 5.48. The van der Waals surface area contributed by atoms with Crippen molar-refractivity contribution in [3.63, 3.8) is 0 Å². The largest absolute Gasteiger partial charge is 0.387 e. The molecule has 0 aromatic rings. The third kappa shape index (κ3) is 6.42. The first kappa shape index (κ1) is 16.5. The molecule has 0 heterocycles. The van der Waals surface area contributed by atoms with Crippen LogP contribution in [0.25, 0.3) is 0 Å². The monoisotopic (exact) mass is 268 g/mol. The Hall–Kier alpha value is -0.570. The van der Waals surface area contributed by atoms with Gasteiger partial charge in [-0.15, -0.1) is 0 Å². The van der Waals surface area contributed by atoms with Gasteiger partial charge in [0.1, 0.15) is 0 Å². The van der Waals surface area contributed by atoms with E-state index < -0.39 is 0 Å². The van der Waals surface area contributed by atoms with Gasteiger partial charge in [0, 0.05) is 12.5 Å². The minimum absolute atomic E-state index is 0.314. The first-order valence-electron chi connectivity index (χ1n) is 8.12. The molecule has 1 rings (SSSR count). The van der Waals surface area contributed by atoms with Gasteiger partial charge < -0.3 is 10.5 Å². The van der Waals surface area contributed by atoms with E-state index in [-0.39, 0.29) is 0 Å². The Morgan fingerprint density at radius 2 is 1.89 bits per heavy atom. The fourth-order valence-electron chi connectivity index (χ4n) is 3.12. The van der Waals surface area contributed by atoms with Gasteiger partial charge in [-0.1, -0.05) is 33.1 Å². The fraction of sp³-hybridized carbons (Fsp3) is 0.938. The number of hydrogen-bond acceptors (Lipinski definition) is 2. The zero-order valence-electron chi connectivity index (χ0n) is 12.8. The van der Waals surface area contributed by atoms with Crippen LogP contribution in [-0.4, -0.2) is 18.5 Å². The summed E-state index contributed by atoms with van der Waals surface area (Å²) in [5.41, 5.74) is 5.55. The highest BCUT2D eigenvalue weighted by molar-refractivity contribution is 5.79. The molecule has 1 unspecified atom stereocenters. The van der Waals surface area contributed by atoms with Crippen molar-refractivity contribution in [2.24, 2.45) is 17.6 Å². The van der Waals surface area contributed by atoms with Crippen molar-refractivity contribution in [1.29, 1.82) is 5.41 Å². The summed E-state index contributed by atoms with van der Waals surface area (Å²) in [5.74, 6) is 1.57. The minimum atomic E-state index is 0.314. The summed E-state index contributed by atoms with van der Waals surface area (Å²) in [5, 5.41) is 7.47. The van der Waals surface area contributed by atoms with Crippen LogP contribution in [0, 0.1) is 17.2 Å². The van der Waals surface area contributed by atoms with Gasteiger partial charge in [0.05, 0.1) is 11.9 Å². The molecule has 112 valence electrons. The van der Waals surface area contributed by atoms with Gasteiger partial charge in [-0.25, -0.2) is 0 Å². The van der Waals surface area contributed by atoms with Crippen LogP contribution < -0.4 is 5.73 Å². The molecule has 0 radical (unpaired) electrons. The summed E-state index contributed by atoms with van der Waals surface area (Å²) in [6, 6.07) is 0. The molecule has 3 heteroatoms. The molecule has 1 fully saturated rings. The second kappa shape index (κ2) is 9.35. The van der Waals surface area contributed by atoms with E-state index in [9.17, 15) is 0 Å². The summed E-state index contributed by atoms with van der Waals surface area (Å²) in [4.78, 5) is 0. The predicted molar refractivity (Wildman–Crippen MR) is 81.5 cm³/mol. The molecule has 1 saturated carbocycles. The van der Waals surface area contributed by atoms with Gasteiger partial charge in [0.15, 0.2) is 0 Å². The van der Waals surface area contributed by atoms with Crippen LogP contribution in [0.2, 0.25) is 0 Å². The molecule has 3 nitrogen and oxygen atoms in total. The molecule has 0 aromatic carbocycles. The van der Waals surface area contributed by atoms with Crippen molar-refractivity contribution in [3.8, 4) is 0 Å². The second-order valence-electron chi connectivity index (χ2n) is 6.00. The maximum atomic E-state index is 7.47. The molecule has 1 aliphatic carbocycles. The quantitative estimate of drug-likeness (QED) is 0.376. The van der Waals surface area contributed by atoms with Crippen LogP contribution in [0.4, 0.5) is 0 Å². The predicted octanol–water partition coefficient (Wildman–Crippen LogP) is 4.10. The van der Waals surface area contributed by atoms with Crippen LogP contribution >= 0.6 is 0 Å². The maximum absolute atomic E-state index is 7.47. The van der Waals surface area contributed by atoms with Crippen molar-refractivity contribution in [3.05, 3.63) is 0 Å². The van der Waals surface area contributed by atoms with Crippen LogP contribution in [0.15, 0.2) is 0 Å². The molecule has 0 spiro atoms. The van der Waals surface area contributed by atoms with Crippen molar-refractivity contribution in [2.75, 3.05) is 6.61 Å². The van der Waals surface area contributed by atoms with Crippen molar-refractivity contribution >= 4 is 5.84 Å².